The number of thiophene rings is 1. The maximum absolute atomic E-state index is 13.0. The number of ether oxygens (including phenoxy) is 1. The minimum Gasteiger partial charge on any atom is -0.443 e. The summed E-state index contributed by atoms with van der Waals surface area (Å²) in [6, 6.07) is 17.5. The Morgan fingerprint density at radius 1 is 1.08 bits per heavy atom. The number of cyclic esters (lactones) is 1. The lowest BCUT2D eigenvalue weighted by Gasteiger charge is -2.35. The average Bonchev–Trinajstić information content (AvgIpc) is 3.62. The molecule has 2 aliphatic rings. The van der Waals surface area contributed by atoms with E-state index in [2.05, 4.69) is 15.0 Å². The van der Waals surface area contributed by atoms with Gasteiger partial charge in [-0.3, -0.25) is 14.6 Å². The SMILES string of the molecule is Cc1nc(-c2ccc(N3CC(CN4CCN(C(=O)c5cc6ccccc6s5)CC4)OC3=O)cc2)no1. The van der Waals surface area contributed by atoms with E-state index in [4.69, 9.17) is 9.26 Å². The summed E-state index contributed by atoms with van der Waals surface area (Å²) in [5, 5.41) is 5.04. The third-order valence-corrected chi connectivity index (χ3v) is 7.70. The lowest BCUT2D eigenvalue weighted by Crippen LogP contribution is -2.50. The summed E-state index contributed by atoms with van der Waals surface area (Å²) in [5.41, 5.74) is 1.59. The standard InChI is InChI=1S/C26H25N5O4S/c1-17-27-24(28-35-17)18-6-8-20(9-7-18)31-16-21(34-26(31)33)15-29-10-12-30(13-11-29)25(32)23-14-19-4-2-3-5-22(19)36-23/h2-9,14,21H,10-13,15-16H2,1H3. The molecule has 10 heteroatoms. The van der Waals surface area contributed by atoms with Crippen LogP contribution >= 0.6 is 11.3 Å². The van der Waals surface area contributed by atoms with Gasteiger partial charge in [-0.1, -0.05) is 23.4 Å². The first-order chi connectivity index (χ1) is 17.5. The molecular formula is C26H25N5O4S. The van der Waals surface area contributed by atoms with E-state index in [1.54, 1.807) is 23.2 Å². The molecule has 9 nitrogen and oxygen atoms in total. The van der Waals surface area contributed by atoms with E-state index < -0.39 is 0 Å². The molecule has 4 heterocycles. The molecule has 2 fully saturated rings. The smallest absolute Gasteiger partial charge is 0.414 e. The van der Waals surface area contributed by atoms with Gasteiger partial charge in [-0.25, -0.2) is 4.79 Å². The highest BCUT2D eigenvalue weighted by Crippen LogP contribution is 2.28. The summed E-state index contributed by atoms with van der Waals surface area (Å²) in [5.74, 6) is 1.12. The molecular weight excluding hydrogens is 478 g/mol. The number of nitrogens with zero attached hydrogens (tertiary/aromatic N) is 5. The molecule has 2 aromatic carbocycles. The number of benzene rings is 2. The van der Waals surface area contributed by atoms with E-state index in [1.165, 1.54) is 0 Å². The maximum atomic E-state index is 13.0. The van der Waals surface area contributed by atoms with Crippen molar-refractivity contribution in [3.8, 4) is 11.4 Å². The molecule has 2 aliphatic heterocycles. The number of aromatic nitrogens is 2. The van der Waals surface area contributed by atoms with E-state index >= 15 is 0 Å². The van der Waals surface area contributed by atoms with Gasteiger partial charge in [0, 0.05) is 55.6 Å². The van der Waals surface area contributed by atoms with Crippen LogP contribution in [0.4, 0.5) is 10.5 Å². The summed E-state index contributed by atoms with van der Waals surface area (Å²) in [6.45, 7) is 5.71. The summed E-state index contributed by atoms with van der Waals surface area (Å²) in [6.07, 6.45) is -0.566. The first kappa shape index (κ1) is 22.7. The van der Waals surface area contributed by atoms with Crippen LogP contribution in [0.2, 0.25) is 0 Å². The third kappa shape index (κ3) is 4.45. The van der Waals surface area contributed by atoms with Crippen LogP contribution in [0.3, 0.4) is 0 Å². The van der Waals surface area contributed by atoms with Gasteiger partial charge in [0.15, 0.2) is 0 Å². The van der Waals surface area contributed by atoms with E-state index in [0.717, 1.165) is 39.3 Å². The van der Waals surface area contributed by atoms with Crippen molar-refractivity contribution < 1.29 is 18.8 Å². The van der Waals surface area contributed by atoms with Crippen LogP contribution in [0, 0.1) is 6.92 Å². The summed E-state index contributed by atoms with van der Waals surface area (Å²) >= 11 is 1.55. The number of fused-ring (bicyclic) bond motifs is 1. The van der Waals surface area contributed by atoms with Gasteiger partial charge in [0.05, 0.1) is 11.4 Å². The monoisotopic (exact) mass is 503 g/mol. The molecule has 6 rings (SSSR count). The quantitative estimate of drug-likeness (QED) is 0.406. The van der Waals surface area contributed by atoms with E-state index in [9.17, 15) is 9.59 Å². The molecule has 184 valence electrons. The lowest BCUT2D eigenvalue weighted by molar-refractivity contribution is 0.0556. The van der Waals surface area contributed by atoms with Crippen LogP contribution in [0.15, 0.2) is 59.1 Å². The first-order valence-electron chi connectivity index (χ1n) is 11.9. The van der Waals surface area contributed by atoms with Gasteiger partial charge in [-0.15, -0.1) is 11.3 Å². The van der Waals surface area contributed by atoms with Crippen molar-refractivity contribution in [3.63, 3.8) is 0 Å². The highest BCUT2D eigenvalue weighted by molar-refractivity contribution is 7.20. The van der Waals surface area contributed by atoms with Crippen molar-refractivity contribution in [1.29, 1.82) is 0 Å². The third-order valence-electron chi connectivity index (χ3n) is 6.60. The molecule has 4 aromatic rings. The van der Waals surface area contributed by atoms with E-state index in [0.29, 0.717) is 37.9 Å². The number of hydrogen-bond donors (Lipinski definition) is 0. The Hall–Kier alpha value is -3.76. The number of piperazine rings is 1. The van der Waals surface area contributed by atoms with E-state index in [-0.39, 0.29) is 18.1 Å². The Morgan fingerprint density at radius 2 is 1.86 bits per heavy atom. The highest BCUT2D eigenvalue weighted by atomic mass is 32.1. The molecule has 2 saturated heterocycles. The molecule has 0 N–H and O–H groups in total. The number of hydrogen-bond acceptors (Lipinski definition) is 8. The van der Waals surface area contributed by atoms with Gasteiger partial charge >= 0.3 is 6.09 Å². The Labute approximate surface area is 211 Å². The van der Waals surface area contributed by atoms with Crippen LogP contribution in [-0.4, -0.2) is 77.3 Å². The zero-order valence-corrected chi connectivity index (χ0v) is 20.6. The minimum absolute atomic E-state index is 0.0914. The molecule has 1 unspecified atom stereocenters. The number of carbonyl (C=O) groups excluding carboxylic acids is 2. The van der Waals surface area contributed by atoms with Gasteiger partial charge in [-0.2, -0.15) is 4.98 Å². The van der Waals surface area contributed by atoms with Crippen molar-refractivity contribution >= 4 is 39.1 Å². The second-order valence-corrected chi connectivity index (χ2v) is 10.1. The average molecular weight is 504 g/mol. The van der Waals surface area contributed by atoms with Gasteiger partial charge in [0.1, 0.15) is 6.10 Å². The molecule has 2 aromatic heterocycles. The second kappa shape index (κ2) is 9.36. The van der Waals surface area contributed by atoms with Crippen molar-refractivity contribution in [1.82, 2.24) is 19.9 Å². The van der Waals surface area contributed by atoms with Gasteiger partial charge in [-0.05, 0) is 41.8 Å². The second-order valence-electron chi connectivity index (χ2n) is 9.04. The normalized spacial score (nSPS) is 18.7. The van der Waals surface area contributed by atoms with Crippen molar-refractivity contribution in [2.45, 2.75) is 13.0 Å². The fourth-order valence-corrected chi connectivity index (χ4v) is 5.73. The van der Waals surface area contributed by atoms with E-state index in [1.807, 2.05) is 59.5 Å². The first-order valence-corrected chi connectivity index (χ1v) is 12.7. The number of anilines is 1. The van der Waals surface area contributed by atoms with Crippen LogP contribution < -0.4 is 4.90 Å². The van der Waals surface area contributed by atoms with Gasteiger partial charge in [0.2, 0.25) is 11.7 Å². The number of aryl methyl sites for hydroxylation is 1. The zero-order valence-electron chi connectivity index (χ0n) is 19.8. The maximum Gasteiger partial charge on any atom is 0.414 e. The molecule has 0 saturated carbocycles. The van der Waals surface area contributed by atoms with Crippen LogP contribution in [0.5, 0.6) is 0 Å². The van der Waals surface area contributed by atoms with Crippen LogP contribution in [0.1, 0.15) is 15.6 Å². The van der Waals surface area contributed by atoms with Gasteiger partial charge < -0.3 is 14.2 Å². The van der Waals surface area contributed by atoms with Gasteiger partial charge in [0.25, 0.3) is 5.91 Å². The number of carbonyl (C=O) groups is 2. The molecule has 0 radical (unpaired) electrons. The number of amides is 2. The fraction of sp³-hybridized carbons (Fsp3) is 0.308. The van der Waals surface area contributed by atoms with Crippen LogP contribution in [-0.2, 0) is 4.74 Å². The Balaban J connectivity index is 1.03. The Morgan fingerprint density at radius 3 is 2.58 bits per heavy atom. The minimum atomic E-state index is -0.346. The predicted octanol–water partition coefficient (Wildman–Crippen LogP) is 4.04. The van der Waals surface area contributed by atoms with Crippen LogP contribution in [0.25, 0.3) is 21.5 Å². The zero-order chi connectivity index (χ0) is 24.6. The lowest BCUT2D eigenvalue weighted by atomic mass is 10.2. The highest BCUT2D eigenvalue weighted by Gasteiger charge is 2.34. The van der Waals surface area contributed by atoms with Crippen molar-refractivity contribution in [2.24, 2.45) is 0 Å². The Kier molecular flexibility index (Phi) is 5.90. The van der Waals surface area contributed by atoms with Crippen molar-refractivity contribution in [2.75, 3.05) is 44.2 Å². The summed E-state index contributed by atoms with van der Waals surface area (Å²) in [4.78, 5) is 36.4. The summed E-state index contributed by atoms with van der Waals surface area (Å²) in [7, 11) is 0. The fourth-order valence-electron chi connectivity index (χ4n) is 4.70. The molecule has 0 spiro atoms. The summed E-state index contributed by atoms with van der Waals surface area (Å²) < 4.78 is 11.8. The molecule has 0 aliphatic carbocycles. The van der Waals surface area contributed by atoms with Crippen molar-refractivity contribution in [3.05, 3.63) is 65.4 Å². The largest absolute Gasteiger partial charge is 0.443 e. The number of rotatable bonds is 5. The molecule has 2 amide bonds. The molecule has 36 heavy (non-hydrogen) atoms. The molecule has 1 atom stereocenters. The predicted molar refractivity (Wildman–Crippen MR) is 136 cm³/mol. The Bertz CT molecular complexity index is 1370. The topological polar surface area (TPSA) is 92.0 Å². The molecule has 0 bridgehead atoms.